The molecule has 1 amide bonds. The van der Waals surface area contributed by atoms with E-state index in [2.05, 4.69) is 38.1 Å². The molecule has 1 aromatic rings. The summed E-state index contributed by atoms with van der Waals surface area (Å²) in [5.74, 6) is 1.05. The summed E-state index contributed by atoms with van der Waals surface area (Å²) in [7, 11) is 0. The van der Waals surface area contributed by atoms with Gasteiger partial charge in [-0.15, -0.1) is 0 Å². The second-order valence-electron chi connectivity index (χ2n) is 5.93. The van der Waals surface area contributed by atoms with Gasteiger partial charge in [0.15, 0.2) is 0 Å². The number of nitrogens with zero attached hydrogens (tertiary/aromatic N) is 1. The van der Waals surface area contributed by atoms with Gasteiger partial charge in [0.25, 0.3) is 0 Å². The minimum atomic E-state index is 0.271. The first-order valence-corrected chi connectivity index (χ1v) is 7.70. The maximum Gasteiger partial charge on any atom is 0.223 e. The molecule has 1 fully saturated rings. The molecular weight excluding hydrogens is 248 g/mol. The van der Waals surface area contributed by atoms with Crippen molar-refractivity contribution >= 4 is 5.91 Å². The first-order chi connectivity index (χ1) is 9.63. The van der Waals surface area contributed by atoms with E-state index in [0.29, 0.717) is 18.9 Å². The smallest absolute Gasteiger partial charge is 0.223 e. The Hall–Kier alpha value is -1.35. The molecule has 20 heavy (non-hydrogen) atoms. The lowest BCUT2D eigenvalue weighted by atomic mass is 9.96. The minimum absolute atomic E-state index is 0.271. The third-order valence-electron chi connectivity index (χ3n) is 4.41. The molecule has 0 aromatic heterocycles. The van der Waals surface area contributed by atoms with Crippen molar-refractivity contribution in [3.8, 4) is 0 Å². The van der Waals surface area contributed by atoms with Gasteiger partial charge in [0.2, 0.25) is 5.91 Å². The highest BCUT2D eigenvalue weighted by Crippen LogP contribution is 2.23. The molecule has 1 aliphatic heterocycles. The van der Waals surface area contributed by atoms with E-state index in [4.69, 9.17) is 5.73 Å². The van der Waals surface area contributed by atoms with Gasteiger partial charge in [-0.05, 0) is 42.3 Å². The summed E-state index contributed by atoms with van der Waals surface area (Å²) in [6, 6.07) is 8.64. The van der Waals surface area contributed by atoms with Crippen LogP contribution < -0.4 is 5.73 Å². The van der Waals surface area contributed by atoms with E-state index >= 15 is 0 Å². The van der Waals surface area contributed by atoms with Crippen LogP contribution in [0.1, 0.15) is 43.7 Å². The van der Waals surface area contributed by atoms with Crippen LogP contribution in [0.4, 0.5) is 0 Å². The molecular formula is C17H26N2O. The van der Waals surface area contributed by atoms with Crippen LogP contribution in [0.2, 0.25) is 0 Å². The number of carbonyl (C=O) groups excluding carboxylic acids is 1. The molecule has 0 bridgehead atoms. The molecule has 110 valence electrons. The zero-order valence-corrected chi connectivity index (χ0v) is 12.6. The van der Waals surface area contributed by atoms with E-state index in [-0.39, 0.29) is 11.8 Å². The SMILES string of the molecule is CCc1ccc(C(C)CC(=O)N2CCC(CN)C2)cc1. The molecule has 0 aliphatic carbocycles. The number of likely N-dealkylation sites (tertiary alicyclic amines) is 1. The number of benzene rings is 1. The maximum atomic E-state index is 12.3. The molecule has 3 nitrogen and oxygen atoms in total. The van der Waals surface area contributed by atoms with Crippen molar-refractivity contribution in [2.75, 3.05) is 19.6 Å². The Morgan fingerprint density at radius 2 is 2.10 bits per heavy atom. The van der Waals surface area contributed by atoms with Gasteiger partial charge in [-0.25, -0.2) is 0 Å². The summed E-state index contributed by atoms with van der Waals surface area (Å²) in [5.41, 5.74) is 8.28. The van der Waals surface area contributed by atoms with Crippen molar-refractivity contribution in [2.24, 2.45) is 11.7 Å². The van der Waals surface area contributed by atoms with Crippen LogP contribution in [-0.2, 0) is 11.2 Å². The van der Waals surface area contributed by atoms with Gasteiger partial charge in [-0.1, -0.05) is 38.1 Å². The minimum Gasteiger partial charge on any atom is -0.342 e. The Morgan fingerprint density at radius 3 is 2.65 bits per heavy atom. The van der Waals surface area contributed by atoms with Crippen molar-refractivity contribution in [1.29, 1.82) is 0 Å². The van der Waals surface area contributed by atoms with Crippen LogP contribution in [0.25, 0.3) is 0 Å². The van der Waals surface area contributed by atoms with Crippen LogP contribution in [0, 0.1) is 5.92 Å². The largest absolute Gasteiger partial charge is 0.342 e. The first-order valence-electron chi connectivity index (χ1n) is 7.70. The van der Waals surface area contributed by atoms with Crippen molar-refractivity contribution in [3.05, 3.63) is 35.4 Å². The molecule has 1 heterocycles. The molecule has 1 aromatic carbocycles. The third kappa shape index (κ3) is 3.60. The Labute approximate surface area is 122 Å². The van der Waals surface area contributed by atoms with Crippen LogP contribution >= 0.6 is 0 Å². The predicted molar refractivity (Wildman–Crippen MR) is 82.6 cm³/mol. The number of carbonyl (C=O) groups is 1. The lowest BCUT2D eigenvalue weighted by Gasteiger charge is -2.19. The summed E-state index contributed by atoms with van der Waals surface area (Å²) in [5, 5.41) is 0. The summed E-state index contributed by atoms with van der Waals surface area (Å²) in [6.07, 6.45) is 2.71. The van der Waals surface area contributed by atoms with E-state index in [1.54, 1.807) is 0 Å². The Kier molecular flexibility index (Phi) is 5.18. The number of rotatable bonds is 5. The molecule has 3 heteroatoms. The monoisotopic (exact) mass is 274 g/mol. The quantitative estimate of drug-likeness (QED) is 0.897. The highest BCUT2D eigenvalue weighted by atomic mass is 16.2. The molecule has 2 atom stereocenters. The lowest BCUT2D eigenvalue weighted by Crippen LogP contribution is -2.30. The van der Waals surface area contributed by atoms with E-state index in [1.807, 2.05) is 4.90 Å². The standard InChI is InChI=1S/C17H26N2O/c1-3-14-4-6-16(7-5-14)13(2)10-17(20)19-9-8-15(11-18)12-19/h4-7,13,15H,3,8-12,18H2,1-2H3. The number of aryl methyl sites for hydroxylation is 1. The van der Waals surface area contributed by atoms with Gasteiger partial charge < -0.3 is 10.6 Å². The number of hydrogen-bond acceptors (Lipinski definition) is 2. The Bertz CT molecular complexity index is 441. The molecule has 1 saturated heterocycles. The van der Waals surface area contributed by atoms with Crippen LogP contribution in [0.5, 0.6) is 0 Å². The van der Waals surface area contributed by atoms with Crippen molar-refractivity contribution in [3.63, 3.8) is 0 Å². The van der Waals surface area contributed by atoms with Crippen LogP contribution in [-0.4, -0.2) is 30.4 Å². The van der Waals surface area contributed by atoms with Crippen LogP contribution in [0.15, 0.2) is 24.3 Å². The van der Waals surface area contributed by atoms with Crippen molar-refractivity contribution < 1.29 is 4.79 Å². The summed E-state index contributed by atoms with van der Waals surface area (Å²) >= 11 is 0. The lowest BCUT2D eigenvalue weighted by molar-refractivity contribution is -0.130. The fourth-order valence-corrected chi connectivity index (χ4v) is 2.84. The molecule has 0 radical (unpaired) electrons. The second-order valence-corrected chi connectivity index (χ2v) is 5.93. The first kappa shape index (κ1) is 15.0. The molecule has 2 unspecified atom stereocenters. The number of nitrogens with two attached hydrogens (primary N) is 1. The van der Waals surface area contributed by atoms with Gasteiger partial charge in [0, 0.05) is 19.5 Å². The van der Waals surface area contributed by atoms with Gasteiger partial charge in [-0.2, -0.15) is 0 Å². The van der Waals surface area contributed by atoms with Gasteiger partial charge in [-0.3, -0.25) is 4.79 Å². The second kappa shape index (κ2) is 6.89. The average molecular weight is 274 g/mol. The number of amides is 1. The topological polar surface area (TPSA) is 46.3 Å². The Balaban J connectivity index is 1.90. The third-order valence-corrected chi connectivity index (χ3v) is 4.41. The fraction of sp³-hybridized carbons (Fsp3) is 0.588. The summed E-state index contributed by atoms with van der Waals surface area (Å²) in [6.45, 7) is 6.70. The van der Waals surface area contributed by atoms with Gasteiger partial charge in [0.1, 0.15) is 0 Å². The molecule has 1 aliphatic rings. The summed E-state index contributed by atoms with van der Waals surface area (Å²) in [4.78, 5) is 14.3. The molecule has 0 spiro atoms. The van der Waals surface area contributed by atoms with Crippen molar-refractivity contribution in [2.45, 2.75) is 39.0 Å². The van der Waals surface area contributed by atoms with Gasteiger partial charge in [0.05, 0.1) is 0 Å². The van der Waals surface area contributed by atoms with Crippen LogP contribution in [0.3, 0.4) is 0 Å². The zero-order chi connectivity index (χ0) is 14.5. The zero-order valence-electron chi connectivity index (χ0n) is 12.6. The molecule has 0 saturated carbocycles. The molecule has 2 N–H and O–H groups in total. The normalized spacial score (nSPS) is 20.1. The number of hydrogen-bond donors (Lipinski definition) is 1. The predicted octanol–water partition coefficient (Wildman–Crippen LogP) is 2.55. The van der Waals surface area contributed by atoms with E-state index in [0.717, 1.165) is 25.9 Å². The fourth-order valence-electron chi connectivity index (χ4n) is 2.84. The highest BCUT2D eigenvalue weighted by molar-refractivity contribution is 5.77. The van der Waals surface area contributed by atoms with E-state index in [9.17, 15) is 4.79 Å². The van der Waals surface area contributed by atoms with E-state index < -0.39 is 0 Å². The maximum absolute atomic E-state index is 12.3. The highest BCUT2D eigenvalue weighted by Gasteiger charge is 2.26. The Morgan fingerprint density at radius 1 is 1.40 bits per heavy atom. The van der Waals surface area contributed by atoms with E-state index in [1.165, 1.54) is 11.1 Å². The average Bonchev–Trinajstić information content (AvgIpc) is 2.96. The van der Waals surface area contributed by atoms with Gasteiger partial charge >= 0.3 is 0 Å². The molecule has 2 rings (SSSR count). The summed E-state index contributed by atoms with van der Waals surface area (Å²) < 4.78 is 0. The van der Waals surface area contributed by atoms with Crippen molar-refractivity contribution in [1.82, 2.24) is 4.90 Å².